The van der Waals surface area contributed by atoms with Crippen LogP contribution in [-0.2, 0) is 0 Å². The first-order valence-corrected chi connectivity index (χ1v) is 9.81. The van der Waals surface area contributed by atoms with Gasteiger partial charge < -0.3 is 5.32 Å². The fraction of sp³-hybridized carbons (Fsp3) is 1.00. The Hall–Kier alpha value is -0.0400. The zero-order chi connectivity index (χ0) is 16.0. The molecule has 0 heterocycles. The Morgan fingerprint density at radius 2 is 1.29 bits per heavy atom. The van der Waals surface area contributed by atoms with Crippen LogP contribution < -0.4 is 5.32 Å². The monoisotopic (exact) mass is 297 g/mol. The second-order valence-corrected chi connectivity index (χ2v) is 7.46. The normalized spacial score (nSPS) is 12.3. The molecule has 21 heavy (non-hydrogen) atoms. The third kappa shape index (κ3) is 11.2. The fourth-order valence-corrected chi connectivity index (χ4v) is 3.20. The highest BCUT2D eigenvalue weighted by Gasteiger charge is 2.24. The first kappa shape index (κ1) is 21.0. The third-order valence-electron chi connectivity index (χ3n) is 5.11. The van der Waals surface area contributed by atoms with E-state index in [2.05, 4.69) is 39.9 Å². The Morgan fingerprint density at radius 3 is 1.76 bits per heavy atom. The molecular formula is C20H43N. The molecule has 0 aliphatic heterocycles. The minimum atomic E-state index is 0.553. The Morgan fingerprint density at radius 1 is 0.762 bits per heavy atom. The fourth-order valence-electron chi connectivity index (χ4n) is 3.20. The van der Waals surface area contributed by atoms with Crippen LogP contribution in [0.5, 0.6) is 0 Å². The van der Waals surface area contributed by atoms with Crippen LogP contribution in [0.2, 0.25) is 0 Å². The summed E-state index contributed by atoms with van der Waals surface area (Å²) >= 11 is 0. The van der Waals surface area contributed by atoms with Gasteiger partial charge in [0, 0.05) is 6.54 Å². The van der Waals surface area contributed by atoms with E-state index in [0.29, 0.717) is 5.41 Å². The van der Waals surface area contributed by atoms with E-state index in [1.807, 2.05) is 0 Å². The molecule has 0 aromatic carbocycles. The smallest absolute Gasteiger partial charge is 0.000771 e. The molecule has 0 aliphatic rings. The third-order valence-corrected chi connectivity index (χ3v) is 5.11. The number of unbranched alkanes of at least 4 members (excludes halogenated alkanes) is 7. The van der Waals surface area contributed by atoms with Crippen molar-refractivity contribution in [3.05, 3.63) is 0 Å². The lowest BCUT2D eigenvalue weighted by molar-refractivity contribution is 0.217. The van der Waals surface area contributed by atoms with Gasteiger partial charge in [0.1, 0.15) is 0 Å². The molecule has 1 nitrogen and oxygen atoms in total. The largest absolute Gasteiger partial charge is 0.316 e. The van der Waals surface area contributed by atoms with Crippen LogP contribution in [0.4, 0.5) is 0 Å². The van der Waals surface area contributed by atoms with Crippen molar-refractivity contribution in [3.63, 3.8) is 0 Å². The van der Waals surface area contributed by atoms with E-state index in [-0.39, 0.29) is 0 Å². The summed E-state index contributed by atoms with van der Waals surface area (Å²) in [7, 11) is 0. The second-order valence-electron chi connectivity index (χ2n) is 7.46. The van der Waals surface area contributed by atoms with Crippen molar-refractivity contribution < 1.29 is 0 Å². The molecule has 0 aromatic rings. The zero-order valence-electron chi connectivity index (χ0n) is 15.8. The van der Waals surface area contributed by atoms with Gasteiger partial charge in [-0.25, -0.2) is 0 Å². The van der Waals surface area contributed by atoms with Crippen LogP contribution in [0, 0.1) is 11.3 Å². The number of hydrogen-bond donors (Lipinski definition) is 1. The van der Waals surface area contributed by atoms with Gasteiger partial charge >= 0.3 is 0 Å². The van der Waals surface area contributed by atoms with Gasteiger partial charge in [0.25, 0.3) is 0 Å². The summed E-state index contributed by atoms with van der Waals surface area (Å²) in [6.07, 6.45) is 15.5. The van der Waals surface area contributed by atoms with Crippen molar-refractivity contribution in [2.75, 3.05) is 13.1 Å². The first-order chi connectivity index (χ1) is 10.1. The predicted octanol–water partition coefficient (Wildman–Crippen LogP) is 6.57. The molecule has 0 rings (SSSR count). The molecule has 0 radical (unpaired) electrons. The maximum atomic E-state index is 3.70. The molecule has 0 fully saturated rings. The summed E-state index contributed by atoms with van der Waals surface area (Å²) in [5.41, 5.74) is 0.553. The molecule has 0 bridgehead atoms. The van der Waals surface area contributed by atoms with E-state index in [0.717, 1.165) is 5.92 Å². The molecule has 1 heteroatoms. The highest BCUT2D eigenvalue weighted by molar-refractivity contribution is 4.79. The van der Waals surface area contributed by atoms with Crippen LogP contribution in [-0.4, -0.2) is 13.1 Å². The van der Waals surface area contributed by atoms with Crippen LogP contribution in [0.25, 0.3) is 0 Å². The average molecular weight is 298 g/mol. The summed E-state index contributed by atoms with van der Waals surface area (Å²) in [4.78, 5) is 0. The van der Waals surface area contributed by atoms with Crippen molar-refractivity contribution >= 4 is 0 Å². The SMILES string of the molecule is CCCCCCCCCCC(CC)(CC)CNCC(C)C. The molecular weight excluding hydrogens is 254 g/mol. The molecule has 0 saturated heterocycles. The maximum Gasteiger partial charge on any atom is 0.000771 e. The van der Waals surface area contributed by atoms with Gasteiger partial charge in [-0.2, -0.15) is 0 Å². The van der Waals surface area contributed by atoms with E-state index in [1.54, 1.807) is 0 Å². The number of nitrogens with one attached hydrogen (secondary N) is 1. The lowest BCUT2D eigenvalue weighted by Gasteiger charge is -2.32. The topological polar surface area (TPSA) is 12.0 Å². The quantitative estimate of drug-likeness (QED) is 0.337. The zero-order valence-corrected chi connectivity index (χ0v) is 15.8. The van der Waals surface area contributed by atoms with Crippen LogP contribution >= 0.6 is 0 Å². The molecule has 0 aliphatic carbocycles. The minimum Gasteiger partial charge on any atom is -0.316 e. The van der Waals surface area contributed by atoms with Gasteiger partial charge in [0.15, 0.2) is 0 Å². The molecule has 0 saturated carbocycles. The van der Waals surface area contributed by atoms with E-state index >= 15 is 0 Å². The number of rotatable bonds is 15. The molecule has 0 aromatic heterocycles. The first-order valence-electron chi connectivity index (χ1n) is 9.81. The van der Waals surface area contributed by atoms with Crippen molar-refractivity contribution in [1.82, 2.24) is 5.32 Å². The lowest BCUT2D eigenvalue weighted by Crippen LogP contribution is -2.35. The average Bonchev–Trinajstić information content (AvgIpc) is 2.48. The highest BCUT2D eigenvalue weighted by atomic mass is 14.9. The summed E-state index contributed by atoms with van der Waals surface area (Å²) < 4.78 is 0. The summed E-state index contributed by atoms with van der Waals surface area (Å²) in [6, 6.07) is 0. The van der Waals surface area contributed by atoms with Gasteiger partial charge in [-0.15, -0.1) is 0 Å². The van der Waals surface area contributed by atoms with Crippen molar-refractivity contribution in [2.24, 2.45) is 11.3 Å². The maximum absolute atomic E-state index is 3.70. The van der Waals surface area contributed by atoms with Gasteiger partial charge in [-0.3, -0.25) is 0 Å². The van der Waals surface area contributed by atoms with E-state index in [4.69, 9.17) is 0 Å². The molecule has 1 N–H and O–H groups in total. The molecule has 0 amide bonds. The molecule has 0 spiro atoms. The van der Waals surface area contributed by atoms with Crippen LogP contribution in [0.1, 0.15) is 105 Å². The van der Waals surface area contributed by atoms with Crippen molar-refractivity contribution in [1.29, 1.82) is 0 Å². The molecule has 0 atom stereocenters. The van der Waals surface area contributed by atoms with Gasteiger partial charge in [-0.05, 0) is 37.1 Å². The highest BCUT2D eigenvalue weighted by Crippen LogP contribution is 2.32. The van der Waals surface area contributed by atoms with E-state index in [9.17, 15) is 0 Å². The van der Waals surface area contributed by atoms with Crippen molar-refractivity contribution in [3.8, 4) is 0 Å². The Kier molecular flexibility index (Phi) is 13.6. The lowest BCUT2D eigenvalue weighted by atomic mass is 9.77. The minimum absolute atomic E-state index is 0.553. The Bertz CT molecular complexity index is 206. The molecule has 0 unspecified atom stereocenters. The van der Waals surface area contributed by atoms with Gasteiger partial charge in [0.2, 0.25) is 0 Å². The van der Waals surface area contributed by atoms with Gasteiger partial charge in [-0.1, -0.05) is 86.0 Å². The van der Waals surface area contributed by atoms with Crippen LogP contribution in [0.15, 0.2) is 0 Å². The second kappa shape index (κ2) is 13.6. The van der Waals surface area contributed by atoms with E-state index < -0.39 is 0 Å². The van der Waals surface area contributed by atoms with Crippen molar-refractivity contribution in [2.45, 2.75) is 105 Å². The standard InChI is InChI=1S/C20H43N/c1-6-9-10-11-12-13-14-15-16-20(7-2,8-3)18-21-17-19(4)5/h19,21H,6-18H2,1-5H3. The predicted molar refractivity (Wildman–Crippen MR) is 97.9 cm³/mol. The Balaban J connectivity index is 3.77. The summed E-state index contributed by atoms with van der Waals surface area (Å²) in [5.74, 6) is 0.763. The molecule has 128 valence electrons. The summed E-state index contributed by atoms with van der Waals surface area (Å²) in [6.45, 7) is 14.0. The van der Waals surface area contributed by atoms with E-state index in [1.165, 1.54) is 83.7 Å². The number of hydrogen-bond acceptors (Lipinski definition) is 1. The Labute approximate surface area is 135 Å². The van der Waals surface area contributed by atoms with Gasteiger partial charge in [0.05, 0.1) is 0 Å². The summed E-state index contributed by atoms with van der Waals surface area (Å²) in [5, 5.41) is 3.70. The van der Waals surface area contributed by atoms with Crippen LogP contribution in [0.3, 0.4) is 0 Å².